The first-order valence-electron chi connectivity index (χ1n) is 4.21. The number of aliphatic carboxylic acids is 1. The third kappa shape index (κ3) is 3.63. The number of hydrogen-bond donors (Lipinski definition) is 1. The highest BCUT2D eigenvalue weighted by Crippen LogP contribution is 2.06. The SMILES string of the molecule is CCCN1C=NCC(C(=O)O)C1.Cl. The van der Waals surface area contributed by atoms with E-state index in [0.717, 1.165) is 13.0 Å². The summed E-state index contributed by atoms with van der Waals surface area (Å²) in [7, 11) is 0. The summed E-state index contributed by atoms with van der Waals surface area (Å²) in [6.07, 6.45) is 2.78. The molecular formula is C8H15ClN2O2. The van der Waals surface area contributed by atoms with Crippen molar-refractivity contribution in [3.05, 3.63) is 0 Å². The summed E-state index contributed by atoms with van der Waals surface area (Å²) in [4.78, 5) is 16.6. The zero-order valence-corrected chi connectivity index (χ0v) is 8.46. The Morgan fingerprint density at radius 1 is 1.77 bits per heavy atom. The molecule has 1 atom stereocenters. The van der Waals surface area contributed by atoms with Gasteiger partial charge in [-0.05, 0) is 6.42 Å². The Kier molecular flexibility index (Phi) is 5.46. The molecule has 1 unspecified atom stereocenters. The lowest BCUT2D eigenvalue weighted by atomic mass is 10.1. The maximum absolute atomic E-state index is 10.6. The summed E-state index contributed by atoms with van der Waals surface area (Å²) in [6, 6.07) is 0. The molecular weight excluding hydrogens is 192 g/mol. The molecule has 0 spiro atoms. The predicted molar refractivity (Wildman–Crippen MR) is 53.6 cm³/mol. The summed E-state index contributed by atoms with van der Waals surface area (Å²) in [6.45, 7) is 3.99. The first-order chi connectivity index (χ1) is 5.74. The van der Waals surface area contributed by atoms with E-state index in [1.807, 2.05) is 4.90 Å². The molecule has 0 fully saturated rings. The summed E-state index contributed by atoms with van der Waals surface area (Å²) in [5.74, 6) is -1.06. The highest BCUT2D eigenvalue weighted by molar-refractivity contribution is 5.85. The first kappa shape index (κ1) is 12.2. The van der Waals surface area contributed by atoms with Crippen LogP contribution in [-0.4, -0.2) is 41.9 Å². The molecule has 4 nitrogen and oxygen atoms in total. The molecule has 0 saturated heterocycles. The van der Waals surface area contributed by atoms with Crippen LogP contribution in [0, 0.1) is 5.92 Å². The molecule has 1 N–H and O–H groups in total. The molecule has 1 heterocycles. The lowest BCUT2D eigenvalue weighted by Crippen LogP contribution is -2.38. The van der Waals surface area contributed by atoms with Crippen LogP contribution in [0.3, 0.4) is 0 Å². The van der Waals surface area contributed by atoms with E-state index in [1.54, 1.807) is 6.34 Å². The fourth-order valence-corrected chi connectivity index (χ4v) is 1.27. The Bertz CT molecular complexity index is 197. The van der Waals surface area contributed by atoms with E-state index in [-0.39, 0.29) is 18.3 Å². The number of rotatable bonds is 3. The largest absolute Gasteiger partial charge is 0.481 e. The number of aliphatic imine (C=N–C) groups is 1. The monoisotopic (exact) mass is 206 g/mol. The van der Waals surface area contributed by atoms with Crippen LogP contribution in [0.2, 0.25) is 0 Å². The molecule has 0 aromatic heterocycles. The van der Waals surface area contributed by atoms with Crippen LogP contribution in [0.1, 0.15) is 13.3 Å². The van der Waals surface area contributed by atoms with Gasteiger partial charge in [0.2, 0.25) is 0 Å². The van der Waals surface area contributed by atoms with Crippen molar-refractivity contribution >= 4 is 24.7 Å². The average molecular weight is 207 g/mol. The van der Waals surface area contributed by atoms with E-state index in [4.69, 9.17) is 5.11 Å². The molecule has 1 aliphatic heterocycles. The Hall–Kier alpha value is -0.770. The van der Waals surface area contributed by atoms with E-state index in [2.05, 4.69) is 11.9 Å². The Balaban J connectivity index is 0.00000144. The maximum atomic E-state index is 10.6. The van der Waals surface area contributed by atoms with Gasteiger partial charge in [0, 0.05) is 13.1 Å². The van der Waals surface area contributed by atoms with E-state index >= 15 is 0 Å². The molecule has 0 aromatic rings. The van der Waals surface area contributed by atoms with Crippen molar-refractivity contribution in [2.24, 2.45) is 10.9 Å². The highest BCUT2D eigenvalue weighted by atomic mass is 35.5. The normalized spacial score (nSPS) is 21.0. The van der Waals surface area contributed by atoms with E-state index < -0.39 is 5.97 Å². The number of carbonyl (C=O) groups is 1. The lowest BCUT2D eigenvalue weighted by Gasteiger charge is -2.25. The summed E-state index contributed by atoms with van der Waals surface area (Å²) in [5, 5.41) is 8.72. The highest BCUT2D eigenvalue weighted by Gasteiger charge is 2.21. The zero-order valence-electron chi connectivity index (χ0n) is 7.64. The van der Waals surface area contributed by atoms with Gasteiger partial charge in [-0.25, -0.2) is 0 Å². The van der Waals surface area contributed by atoms with Gasteiger partial charge < -0.3 is 10.0 Å². The van der Waals surface area contributed by atoms with Gasteiger partial charge in [0.25, 0.3) is 0 Å². The first-order valence-corrected chi connectivity index (χ1v) is 4.21. The van der Waals surface area contributed by atoms with Crippen LogP contribution in [0.25, 0.3) is 0 Å². The number of carboxylic acids is 1. The quantitative estimate of drug-likeness (QED) is 0.746. The minimum atomic E-state index is -0.743. The number of halogens is 1. The maximum Gasteiger partial charge on any atom is 0.310 e. The molecule has 0 amide bonds. The standard InChI is InChI=1S/C8H14N2O2.ClH/c1-2-3-10-5-7(8(11)12)4-9-6-10;/h6-7H,2-5H2,1H3,(H,11,12);1H. The van der Waals surface area contributed by atoms with Crippen LogP contribution in [0.4, 0.5) is 0 Å². The second-order valence-electron chi connectivity index (χ2n) is 3.01. The van der Waals surface area contributed by atoms with Gasteiger partial charge in [0.05, 0.1) is 18.8 Å². The number of hydrogen-bond acceptors (Lipinski definition) is 3. The van der Waals surface area contributed by atoms with Crippen molar-refractivity contribution in [2.45, 2.75) is 13.3 Å². The van der Waals surface area contributed by atoms with E-state index in [9.17, 15) is 4.79 Å². The van der Waals surface area contributed by atoms with Gasteiger partial charge in [0.15, 0.2) is 0 Å². The van der Waals surface area contributed by atoms with Crippen molar-refractivity contribution in [2.75, 3.05) is 19.6 Å². The molecule has 1 rings (SSSR count). The van der Waals surface area contributed by atoms with Crippen molar-refractivity contribution < 1.29 is 9.90 Å². The summed E-state index contributed by atoms with van der Waals surface area (Å²) >= 11 is 0. The zero-order chi connectivity index (χ0) is 8.97. The van der Waals surface area contributed by atoms with Crippen molar-refractivity contribution in [3.8, 4) is 0 Å². The van der Waals surface area contributed by atoms with Crippen molar-refractivity contribution in [1.82, 2.24) is 4.90 Å². The lowest BCUT2D eigenvalue weighted by molar-refractivity contribution is -0.141. The smallest absolute Gasteiger partial charge is 0.310 e. The molecule has 1 aliphatic rings. The minimum absolute atomic E-state index is 0. The molecule has 0 saturated carbocycles. The third-order valence-electron chi connectivity index (χ3n) is 1.89. The molecule has 0 aliphatic carbocycles. The fraction of sp³-hybridized carbons (Fsp3) is 0.750. The van der Waals surface area contributed by atoms with Crippen LogP contribution in [-0.2, 0) is 4.79 Å². The van der Waals surface area contributed by atoms with E-state index in [1.165, 1.54) is 0 Å². The van der Waals surface area contributed by atoms with Gasteiger partial charge in [-0.15, -0.1) is 12.4 Å². The summed E-state index contributed by atoms with van der Waals surface area (Å²) < 4.78 is 0. The van der Waals surface area contributed by atoms with Crippen LogP contribution < -0.4 is 0 Å². The topological polar surface area (TPSA) is 52.9 Å². The average Bonchev–Trinajstić information content (AvgIpc) is 2.05. The molecule has 5 heteroatoms. The second kappa shape index (κ2) is 5.80. The van der Waals surface area contributed by atoms with Crippen LogP contribution in [0.5, 0.6) is 0 Å². The Morgan fingerprint density at radius 2 is 2.46 bits per heavy atom. The van der Waals surface area contributed by atoms with Gasteiger partial charge in [-0.1, -0.05) is 6.92 Å². The van der Waals surface area contributed by atoms with Gasteiger partial charge in [-0.3, -0.25) is 9.79 Å². The number of nitrogens with zero attached hydrogens (tertiary/aromatic N) is 2. The van der Waals surface area contributed by atoms with Crippen molar-refractivity contribution in [1.29, 1.82) is 0 Å². The second-order valence-corrected chi connectivity index (χ2v) is 3.01. The Morgan fingerprint density at radius 3 is 3.00 bits per heavy atom. The van der Waals surface area contributed by atoms with E-state index in [0.29, 0.717) is 13.1 Å². The molecule has 76 valence electrons. The predicted octanol–water partition coefficient (Wildman–Crippen LogP) is 0.863. The molecule has 13 heavy (non-hydrogen) atoms. The van der Waals surface area contributed by atoms with Crippen molar-refractivity contribution in [3.63, 3.8) is 0 Å². The van der Waals surface area contributed by atoms with Gasteiger partial charge in [-0.2, -0.15) is 0 Å². The van der Waals surface area contributed by atoms with Crippen LogP contribution in [0.15, 0.2) is 4.99 Å². The minimum Gasteiger partial charge on any atom is -0.481 e. The van der Waals surface area contributed by atoms with Gasteiger partial charge >= 0.3 is 5.97 Å². The molecule has 0 aromatic carbocycles. The Labute approximate surface area is 84.1 Å². The fourth-order valence-electron chi connectivity index (χ4n) is 1.27. The van der Waals surface area contributed by atoms with Crippen LogP contribution >= 0.6 is 12.4 Å². The molecule has 0 radical (unpaired) electrons. The molecule has 0 bridgehead atoms. The summed E-state index contributed by atoms with van der Waals surface area (Å²) in [5.41, 5.74) is 0. The number of carboxylic acid groups (broad SMARTS) is 1. The van der Waals surface area contributed by atoms with Gasteiger partial charge in [0.1, 0.15) is 0 Å². The third-order valence-corrected chi connectivity index (χ3v) is 1.89.